The second-order valence-corrected chi connectivity index (χ2v) is 5.15. The van der Waals surface area contributed by atoms with Gasteiger partial charge in [0.2, 0.25) is 0 Å². The van der Waals surface area contributed by atoms with Crippen LogP contribution in [0.3, 0.4) is 0 Å². The minimum atomic E-state index is -1.01. The third-order valence-electron chi connectivity index (χ3n) is 3.38. The lowest BCUT2D eigenvalue weighted by Crippen LogP contribution is -2.29. The Morgan fingerprint density at radius 2 is 2.11 bits per heavy atom. The Kier molecular flexibility index (Phi) is 4.66. The lowest BCUT2D eigenvalue weighted by Gasteiger charge is -2.29. The largest absolute Gasteiger partial charge is 0.489 e. The molecule has 0 heterocycles. The number of benzene rings is 1. The van der Waals surface area contributed by atoms with Crippen LogP contribution in [0.5, 0.6) is 5.75 Å². The number of aromatic carboxylic acids is 1. The van der Waals surface area contributed by atoms with Gasteiger partial charge in [-0.3, -0.25) is 0 Å². The van der Waals surface area contributed by atoms with Gasteiger partial charge in [-0.15, -0.1) is 0 Å². The number of ether oxygens (including phenoxy) is 2. The highest BCUT2D eigenvalue weighted by atomic mass is 35.5. The Balaban J connectivity index is 2.13. The molecular weight excluding hydrogens is 268 g/mol. The second kappa shape index (κ2) is 6.26. The summed E-state index contributed by atoms with van der Waals surface area (Å²) in [5, 5.41) is 9.61. The molecule has 0 bridgehead atoms. The van der Waals surface area contributed by atoms with Crippen LogP contribution >= 0.6 is 11.6 Å². The van der Waals surface area contributed by atoms with E-state index in [0.717, 1.165) is 25.7 Å². The molecule has 0 radical (unpaired) electrons. The number of rotatable bonds is 4. The van der Waals surface area contributed by atoms with Crippen LogP contribution in [0.4, 0.5) is 0 Å². The maximum Gasteiger partial charge on any atom is 0.339 e. The fraction of sp³-hybridized carbons (Fsp3) is 0.500. The Morgan fingerprint density at radius 1 is 1.37 bits per heavy atom. The first kappa shape index (κ1) is 14.2. The molecule has 2 rings (SSSR count). The van der Waals surface area contributed by atoms with E-state index in [1.165, 1.54) is 6.07 Å². The highest BCUT2D eigenvalue weighted by molar-refractivity contribution is 6.30. The fourth-order valence-electron chi connectivity index (χ4n) is 2.37. The van der Waals surface area contributed by atoms with Crippen molar-refractivity contribution in [2.75, 3.05) is 7.11 Å². The summed E-state index contributed by atoms with van der Waals surface area (Å²) in [4.78, 5) is 11.1. The zero-order chi connectivity index (χ0) is 13.8. The van der Waals surface area contributed by atoms with E-state index in [0.29, 0.717) is 10.8 Å². The van der Waals surface area contributed by atoms with Crippen molar-refractivity contribution >= 4 is 17.6 Å². The van der Waals surface area contributed by atoms with E-state index in [1.54, 1.807) is 19.2 Å². The first-order valence-electron chi connectivity index (χ1n) is 6.32. The molecule has 5 heteroatoms. The topological polar surface area (TPSA) is 55.8 Å². The van der Waals surface area contributed by atoms with Crippen LogP contribution in [-0.2, 0) is 4.74 Å². The van der Waals surface area contributed by atoms with Crippen molar-refractivity contribution in [3.63, 3.8) is 0 Å². The van der Waals surface area contributed by atoms with Gasteiger partial charge < -0.3 is 14.6 Å². The summed E-state index contributed by atoms with van der Waals surface area (Å²) < 4.78 is 11.2. The molecule has 0 aliphatic heterocycles. The van der Waals surface area contributed by atoms with Crippen molar-refractivity contribution in [2.45, 2.75) is 37.9 Å². The Morgan fingerprint density at radius 3 is 2.79 bits per heavy atom. The van der Waals surface area contributed by atoms with Gasteiger partial charge in [0, 0.05) is 18.6 Å². The van der Waals surface area contributed by atoms with E-state index in [-0.39, 0.29) is 17.8 Å². The first-order chi connectivity index (χ1) is 9.10. The van der Waals surface area contributed by atoms with Gasteiger partial charge in [-0.2, -0.15) is 0 Å². The third kappa shape index (κ3) is 3.61. The standard InChI is InChI=1S/C14H17ClO4/c1-18-10-3-2-4-11(8-10)19-13-7-9(15)5-6-12(13)14(16)17/h5-7,10-11H,2-4,8H2,1H3,(H,16,17). The van der Waals surface area contributed by atoms with E-state index in [4.69, 9.17) is 26.2 Å². The smallest absolute Gasteiger partial charge is 0.339 e. The zero-order valence-corrected chi connectivity index (χ0v) is 11.5. The van der Waals surface area contributed by atoms with Crippen LogP contribution in [-0.4, -0.2) is 30.4 Å². The molecule has 104 valence electrons. The summed E-state index contributed by atoms with van der Waals surface area (Å²) in [6.07, 6.45) is 3.90. The van der Waals surface area contributed by atoms with E-state index in [1.807, 2.05) is 0 Å². The number of methoxy groups -OCH3 is 1. The van der Waals surface area contributed by atoms with Gasteiger partial charge in [-0.25, -0.2) is 4.79 Å². The summed E-state index contributed by atoms with van der Waals surface area (Å²) in [6, 6.07) is 4.58. The molecule has 2 atom stereocenters. The SMILES string of the molecule is COC1CCCC(Oc2cc(Cl)ccc2C(=O)O)C1. The van der Waals surface area contributed by atoms with E-state index in [2.05, 4.69) is 0 Å². The number of hydrogen-bond donors (Lipinski definition) is 1. The number of carboxylic acids is 1. The van der Waals surface area contributed by atoms with Crippen molar-refractivity contribution in [1.29, 1.82) is 0 Å². The van der Waals surface area contributed by atoms with Crippen LogP contribution in [0.25, 0.3) is 0 Å². The molecule has 1 saturated carbocycles. The maximum absolute atomic E-state index is 11.1. The molecule has 1 aromatic rings. The molecule has 1 aliphatic carbocycles. The molecule has 0 spiro atoms. The highest BCUT2D eigenvalue weighted by Crippen LogP contribution is 2.29. The van der Waals surface area contributed by atoms with Crippen LogP contribution in [0, 0.1) is 0 Å². The molecule has 1 aliphatic rings. The lowest BCUT2D eigenvalue weighted by molar-refractivity contribution is 0.0204. The molecule has 19 heavy (non-hydrogen) atoms. The molecule has 0 aromatic heterocycles. The molecule has 4 nitrogen and oxygen atoms in total. The molecule has 1 fully saturated rings. The van der Waals surface area contributed by atoms with Crippen LogP contribution in [0.15, 0.2) is 18.2 Å². The normalized spacial score (nSPS) is 23.1. The summed E-state index contributed by atoms with van der Waals surface area (Å²) >= 11 is 5.90. The quantitative estimate of drug-likeness (QED) is 0.921. The van der Waals surface area contributed by atoms with Gasteiger partial charge in [-0.05, 0) is 37.5 Å². The highest BCUT2D eigenvalue weighted by Gasteiger charge is 2.24. The van der Waals surface area contributed by atoms with Gasteiger partial charge in [0.15, 0.2) is 0 Å². The van der Waals surface area contributed by atoms with Gasteiger partial charge in [-0.1, -0.05) is 11.6 Å². The zero-order valence-electron chi connectivity index (χ0n) is 10.8. The monoisotopic (exact) mass is 284 g/mol. The third-order valence-corrected chi connectivity index (χ3v) is 3.61. The Bertz CT molecular complexity index is 461. The molecule has 1 N–H and O–H groups in total. The van der Waals surface area contributed by atoms with E-state index < -0.39 is 5.97 Å². The first-order valence-corrected chi connectivity index (χ1v) is 6.70. The van der Waals surface area contributed by atoms with Gasteiger partial charge in [0.1, 0.15) is 17.4 Å². The fourth-order valence-corrected chi connectivity index (χ4v) is 2.54. The van der Waals surface area contributed by atoms with Gasteiger partial charge in [0.25, 0.3) is 0 Å². The van der Waals surface area contributed by atoms with Crippen LogP contribution in [0.1, 0.15) is 36.0 Å². The van der Waals surface area contributed by atoms with Gasteiger partial charge in [0.05, 0.1) is 6.10 Å². The minimum Gasteiger partial charge on any atom is -0.489 e. The van der Waals surface area contributed by atoms with Gasteiger partial charge >= 0.3 is 5.97 Å². The number of hydrogen-bond acceptors (Lipinski definition) is 3. The Hall–Kier alpha value is -1.26. The predicted octanol–water partition coefficient (Wildman–Crippen LogP) is 3.37. The van der Waals surface area contributed by atoms with Crippen molar-refractivity contribution in [2.24, 2.45) is 0 Å². The average molecular weight is 285 g/mol. The molecule has 0 amide bonds. The molecular formula is C14H17ClO4. The summed E-state index contributed by atoms with van der Waals surface area (Å²) in [5.74, 6) is -0.674. The number of carbonyl (C=O) groups is 1. The predicted molar refractivity (Wildman–Crippen MR) is 72.1 cm³/mol. The molecule has 1 aromatic carbocycles. The maximum atomic E-state index is 11.1. The summed E-state index contributed by atoms with van der Waals surface area (Å²) in [6.45, 7) is 0. The molecule has 0 saturated heterocycles. The van der Waals surface area contributed by atoms with Crippen molar-refractivity contribution < 1.29 is 19.4 Å². The number of halogens is 1. The average Bonchev–Trinajstić information content (AvgIpc) is 2.38. The van der Waals surface area contributed by atoms with E-state index >= 15 is 0 Å². The van der Waals surface area contributed by atoms with Crippen molar-refractivity contribution in [3.8, 4) is 5.75 Å². The van der Waals surface area contributed by atoms with Crippen LogP contribution < -0.4 is 4.74 Å². The van der Waals surface area contributed by atoms with Crippen LogP contribution in [0.2, 0.25) is 5.02 Å². The second-order valence-electron chi connectivity index (χ2n) is 4.71. The number of carboxylic acid groups (broad SMARTS) is 1. The lowest BCUT2D eigenvalue weighted by atomic mass is 9.95. The Labute approximate surface area is 117 Å². The van der Waals surface area contributed by atoms with E-state index in [9.17, 15) is 4.79 Å². The van der Waals surface area contributed by atoms with Crippen molar-refractivity contribution in [3.05, 3.63) is 28.8 Å². The molecule has 2 unspecified atom stereocenters. The summed E-state index contributed by atoms with van der Waals surface area (Å²) in [5.41, 5.74) is 0.143. The minimum absolute atomic E-state index is 0.0183. The van der Waals surface area contributed by atoms with Crippen molar-refractivity contribution in [1.82, 2.24) is 0 Å². The summed E-state index contributed by atoms with van der Waals surface area (Å²) in [7, 11) is 1.69.